The summed E-state index contributed by atoms with van der Waals surface area (Å²) >= 11 is 0. The number of nitrogens with zero attached hydrogens (tertiary/aromatic N) is 1. The van der Waals surface area contributed by atoms with Gasteiger partial charge < -0.3 is 5.32 Å². The van der Waals surface area contributed by atoms with Crippen LogP contribution in [0.3, 0.4) is 0 Å². The number of amides is 1. The molecule has 0 atom stereocenters. The summed E-state index contributed by atoms with van der Waals surface area (Å²) < 4.78 is 25.9. The SMILES string of the molecule is O=C(NCCC1=CCCCC1)c1cccc(N2CCCCS2(=O)=O)c1. The van der Waals surface area contributed by atoms with Gasteiger partial charge >= 0.3 is 0 Å². The predicted octanol–water partition coefficient (Wildman–Crippen LogP) is 3.24. The summed E-state index contributed by atoms with van der Waals surface area (Å²) in [4.78, 5) is 12.4. The van der Waals surface area contributed by atoms with Crippen LogP contribution in [0.5, 0.6) is 0 Å². The highest BCUT2D eigenvalue weighted by molar-refractivity contribution is 7.92. The molecule has 1 aromatic carbocycles. The van der Waals surface area contributed by atoms with Gasteiger partial charge in [-0.25, -0.2) is 8.42 Å². The third-order valence-corrected chi connectivity index (χ3v) is 6.73. The van der Waals surface area contributed by atoms with Gasteiger partial charge in [0.2, 0.25) is 10.0 Å². The summed E-state index contributed by atoms with van der Waals surface area (Å²) in [7, 11) is -3.26. The average molecular weight is 362 g/mol. The van der Waals surface area contributed by atoms with Crippen LogP contribution < -0.4 is 9.62 Å². The van der Waals surface area contributed by atoms with Gasteiger partial charge in [0.05, 0.1) is 11.4 Å². The second-order valence-electron chi connectivity index (χ2n) is 6.76. The zero-order valence-corrected chi connectivity index (χ0v) is 15.4. The van der Waals surface area contributed by atoms with E-state index in [9.17, 15) is 13.2 Å². The maximum Gasteiger partial charge on any atom is 0.251 e. The second-order valence-corrected chi connectivity index (χ2v) is 8.77. The summed E-state index contributed by atoms with van der Waals surface area (Å²) in [6.07, 6.45) is 9.53. The summed E-state index contributed by atoms with van der Waals surface area (Å²) in [5.41, 5.74) is 2.53. The van der Waals surface area contributed by atoms with Crippen LogP contribution in [-0.4, -0.2) is 33.2 Å². The lowest BCUT2D eigenvalue weighted by atomic mass is 9.97. The summed E-state index contributed by atoms with van der Waals surface area (Å²) in [5.74, 6) is 0.0334. The van der Waals surface area contributed by atoms with Gasteiger partial charge in [0.25, 0.3) is 5.91 Å². The van der Waals surface area contributed by atoms with E-state index in [0.29, 0.717) is 30.8 Å². The van der Waals surface area contributed by atoms with Gasteiger partial charge in [-0.1, -0.05) is 17.7 Å². The monoisotopic (exact) mass is 362 g/mol. The zero-order chi connectivity index (χ0) is 17.7. The lowest BCUT2D eigenvalue weighted by Crippen LogP contribution is -2.38. The maximum atomic E-state index is 12.4. The van der Waals surface area contributed by atoms with Gasteiger partial charge in [0, 0.05) is 18.7 Å². The number of rotatable bonds is 5. The molecule has 0 bridgehead atoms. The van der Waals surface area contributed by atoms with E-state index >= 15 is 0 Å². The minimum atomic E-state index is -3.26. The normalized spacial score (nSPS) is 20.0. The van der Waals surface area contributed by atoms with Gasteiger partial charge in [0.15, 0.2) is 0 Å². The van der Waals surface area contributed by atoms with Crippen LogP contribution in [0.4, 0.5) is 5.69 Å². The molecular formula is C19H26N2O3S. The fourth-order valence-electron chi connectivity index (χ4n) is 3.45. The largest absolute Gasteiger partial charge is 0.352 e. The number of hydrogen-bond donors (Lipinski definition) is 1. The smallest absolute Gasteiger partial charge is 0.251 e. The summed E-state index contributed by atoms with van der Waals surface area (Å²) in [5, 5.41) is 2.95. The highest BCUT2D eigenvalue weighted by Crippen LogP contribution is 2.24. The first-order valence-electron chi connectivity index (χ1n) is 9.13. The van der Waals surface area contributed by atoms with E-state index < -0.39 is 10.0 Å². The van der Waals surface area contributed by atoms with Crippen molar-refractivity contribution >= 4 is 21.6 Å². The molecule has 136 valence electrons. The molecule has 0 radical (unpaired) electrons. The Labute approximate surface area is 150 Å². The van der Waals surface area contributed by atoms with Gasteiger partial charge in [0.1, 0.15) is 0 Å². The quantitative estimate of drug-likeness (QED) is 0.818. The van der Waals surface area contributed by atoms with Crippen molar-refractivity contribution < 1.29 is 13.2 Å². The van der Waals surface area contributed by atoms with Crippen LogP contribution >= 0.6 is 0 Å². The molecule has 1 aromatic rings. The van der Waals surface area contributed by atoms with E-state index in [1.807, 2.05) is 0 Å². The van der Waals surface area contributed by atoms with E-state index in [1.54, 1.807) is 24.3 Å². The van der Waals surface area contributed by atoms with Crippen molar-refractivity contribution in [3.8, 4) is 0 Å². The van der Waals surface area contributed by atoms with Crippen molar-refractivity contribution in [2.75, 3.05) is 23.1 Å². The lowest BCUT2D eigenvalue weighted by Gasteiger charge is -2.28. The second kappa shape index (κ2) is 8.04. The summed E-state index contributed by atoms with van der Waals surface area (Å²) in [6, 6.07) is 6.91. The molecule has 3 rings (SSSR count). The van der Waals surface area contributed by atoms with Crippen LogP contribution in [0.2, 0.25) is 0 Å². The molecule has 25 heavy (non-hydrogen) atoms. The number of carbonyl (C=O) groups excluding carboxylic acids is 1. The number of carbonyl (C=O) groups is 1. The highest BCUT2D eigenvalue weighted by Gasteiger charge is 2.26. The van der Waals surface area contributed by atoms with Crippen LogP contribution in [0.25, 0.3) is 0 Å². The van der Waals surface area contributed by atoms with E-state index in [1.165, 1.54) is 22.7 Å². The first-order chi connectivity index (χ1) is 12.1. The van der Waals surface area contributed by atoms with E-state index in [0.717, 1.165) is 25.7 Å². The van der Waals surface area contributed by atoms with Gasteiger partial charge in [-0.05, 0) is 63.1 Å². The predicted molar refractivity (Wildman–Crippen MR) is 100 cm³/mol. The maximum absolute atomic E-state index is 12.4. The van der Waals surface area contributed by atoms with Crippen molar-refractivity contribution in [3.05, 3.63) is 41.5 Å². The Hall–Kier alpha value is -1.82. The number of benzene rings is 1. The average Bonchev–Trinajstić information content (AvgIpc) is 2.62. The Balaban J connectivity index is 1.62. The van der Waals surface area contributed by atoms with Crippen molar-refractivity contribution in [3.63, 3.8) is 0 Å². The van der Waals surface area contributed by atoms with Crippen LogP contribution in [0.15, 0.2) is 35.9 Å². The molecule has 1 amide bonds. The number of nitrogens with one attached hydrogen (secondary N) is 1. The van der Waals surface area contributed by atoms with Crippen molar-refractivity contribution in [2.24, 2.45) is 0 Å². The van der Waals surface area contributed by atoms with Gasteiger partial charge in [-0.3, -0.25) is 9.10 Å². The molecule has 0 aromatic heterocycles. The molecule has 1 aliphatic carbocycles. The van der Waals surface area contributed by atoms with Gasteiger partial charge in [-0.15, -0.1) is 0 Å². The molecule has 0 saturated carbocycles. The molecule has 0 unspecified atom stereocenters. The van der Waals surface area contributed by atoms with Crippen LogP contribution in [-0.2, 0) is 10.0 Å². The Bertz CT molecular complexity index is 756. The topological polar surface area (TPSA) is 66.5 Å². The molecule has 1 heterocycles. The lowest BCUT2D eigenvalue weighted by molar-refractivity contribution is 0.0954. The first kappa shape index (κ1) is 18.0. The number of allylic oxidation sites excluding steroid dienone is 1. The molecule has 1 fully saturated rings. The van der Waals surface area contributed by atoms with Gasteiger partial charge in [-0.2, -0.15) is 0 Å². The molecule has 2 aliphatic rings. The Kier molecular flexibility index (Phi) is 5.78. The fraction of sp³-hybridized carbons (Fsp3) is 0.526. The standard InChI is InChI=1S/C19H26N2O3S/c22-19(20-12-11-16-7-2-1-3-8-16)17-9-6-10-18(15-17)21-13-4-5-14-25(21,23)24/h6-7,9-10,15H,1-5,8,11-14H2,(H,20,22). The third kappa shape index (κ3) is 4.63. The van der Waals surface area contributed by atoms with E-state index in [4.69, 9.17) is 0 Å². The minimum Gasteiger partial charge on any atom is -0.352 e. The molecule has 1 saturated heterocycles. The molecular weight excluding hydrogens is 336 g/mol. The van der Waals surface area contributed by atoms with Crippen molar-refractivity contribution in [2.45, 2.75) is 44.9 Å². The van der Waals surface area contributed by atoms with E-state index in [-0.39, 0.29) is 11.7 Å². The minimum absolute atomic E-state index is 0.146. The van der Waals surface area contributed by atoms with Crippen LogP contribution in [0.1, 0.15) is 55.3 Å². The first-order valence-corrected chi connectivity index (χ1v) is 10.7. The molecule has 0 spiro atoms. The molecule has 6 heteroatoms. The molecule has 5 nitrogen and oxygen atoms in total. The third-order valence-electron chi connectivity index (χ3n) is 4.86. The van der Waals surface area contributed by atoms with Crippen molar-refractivity contribution in [1.82, 2.24) is 5.32 Å². The Morgan fingerprint density at radius 3 is 2.80 bits per heavy atom. The highest BCUT2D eigenvalue weighted by atomic mass is 32.2. The number of sulfonamides is 1. The summed E-state index contributed by atoms with van der Waals surface area (Å²) in [6.45, 7) is 1.11. The zero-order valence-electron chi connectivity index (χ0n) is 14.5. The van der Waals surface area contributed by atoms with Crippen LogP contribution in [0, 0.1) is 0 Å². The Morgan fingerprint density at radius 2 is 2.04 bits per heavy atom. The van der Waals surface area contributed by atoms with Crippen molar-refractivity contribution in [1.29, 1.82) is 0 Å². The van der Waals surface area contributed by atoms with E-state index in [2.05, 4.69) is 11.4 Å². The molecule has 1 aliphatic heterocycles. The fourth-order valence-corrected chi connectivity index (χ4v) is 5.08. The Morgan fingerprint density at radius 1 is 1.16 bits per heavy atom. The number of hydrogen-bond acceptors (Lipinski definition) is 3. The number of anilines is 1. The molecule has 1 N–H and O–H groups in total.